The van der Waals surface area contributed by atoms with Crippen LogP contribution in [0.5, 0.6) is 11.5 Å². The molecule has 24 heavy (non-hydrogen) atoms. The monoisotopic (exact) mass is 342 g/mol. The van der Waals surface area contributed by atoms with Crippen LogP contribution in [0.25, 0.3) is 10.2 Å². The highest BCUT2D eigenvalue weighted by atomic mass is 32.1. The number of nitrogens with one attached hydrogen (secondary N) is 1. The third kappa shape index (κ3) is 3.65. The van der Waals surface area contributed by atoms with Gasteiger partial charge in [-0.25, -0.2) is 4.98 Å². The molecule has 0 saturated heterocycles. The predicted molar refractivity (Wildman–Crippen MR) is 96.0 cm³/mol. The molecular formula is C18H18N2O3S. The van der Waals surface area contributed by atoms with Crippen molar-refractivity contribution in [3.63, 3.8) is 0 Å². The predicted octanol–water partition coefficient (Wildman–Crippen LogP) is 4.10. The molecular weight excluding hydrogens is 324 g/mol. The van der Waals surface area contributed by atoms with Crippen molar-refractivity contribution in [1.82, 2.24) is 4.98 Å². The van der Waals surface area contributed by atoms with E-state index >= 15 is 0 Å². The first kappa shape index (κ1) is 16.3. The molecule has 1 atom stereocenters. The molecule has 0 radical (unpaired) electrons. The molecule has 124 valence electrons. The second-order valence-electron chi connectivity index (χ2n) is 5.17. The van der Waals surface area contributed by atoms with Gasteiger partial charge in [-0.05, 0) is 36.8 Å². The van der Waals surface area contributed by atoms with Crippen molar-refractivity contribution in [1.29, 1.82) is 0 Å². The third-order valence-corrected chi connectivity index (χ3v) is 4.44. The van der Waals surface area contributed by atoms with Crippen molar-refractivity contribution in [2.45, 2.75) is 19.4 Å². The fourth-order valence-corrected chi connectivity index (χ4v) is 3.15. The van der Waals surface area contributed by atoms with E-state index in [-0.39, 0.29) is 5.91 Å². The number of fused-ring (bicyclic) bond motifs is 1. The number of hydrogen-bond donors (Lipinski definition) is 1. The molecule has 0 saturated carbocycles. The summed E-state index contributed by atoms with van der Waals surface area (Å²) in [5, 5.41) is 3.40. The van der Waals surface area contributed by atoms with Gasteiger partial charge in [0.25, 0.3) is 5.91 Å². The number of rotatable bonds is 6. The summed E-state index contributed by atoms with van der Waals surface area (Å²) in [5.41, 5.74) is 0.827. The van der Waals surface area contributed by atoms with Gasteiger partial charge in [-0.3, -0.25) is 10.1 Å². The second-order valence-corrected chi connectivity index (χ2v) is 6.20. The van der Waals surface area contributed by atoms with Crippen LogP contribution in [0.15, 0.2) is 48.5 Å². The summed E-state index contributed by atoms with van der Waals surface area (Å²) < 4.78 is 11.9. The Balaban J connectivity index is 1.72. The van der Waals surface area contributed by atoms with E-state index in [9.17, 15) is 4.79 Å². The Labute approximate surface area is 144 Å². The number of ether oxygens (including phenoxy) is 2. The van der Waals surface area contributed by atoms with Crippen LogP contribution in [0.4, 0.5) is 5.13 Å². The normalized spacial score (nSPS) is 11.9. The molecule has 0 aliphatic carbocycles. The van der Waals surface area contributed by atoms with Gasteiger partial charge in [0.2, 0.25) is 0 Å². The summed E-state index contributed by atoms with van der Waals surface area (Å²) in [7, 11) is 1.62. The van der Waals surface area contributed by atoms with Gasteiger partial charge in [-0.1, -0.05) is 36.5 Å². The number of aromatic nitrogens is 1. The largest absolute Gasteiger partial charge is 0.497 e. The first-order valence-electron chi connectivity index (χ1n) is 7.66. The molecule has 1 N–H and O–H groups in total. The average molecular weight is 342 g/mol. The molecule has 0 unspecified atom stereocenters. The molecule has 3 rings (SSSR count). The van der Waals surface area contributed by atoms with Crippen molar-refractivity contribution in [2.75, 3.05) is 12.4 Å². The number of carbonyl (C=O) groups is 1. The second kappa shape index (κ2) is 7.31. The number of benzene rings is 2. The van der Waals surface area contributed by atoms with Gasteiger partial charge in [-0.2, -0.15) is 0 Å². The summed E-state index contributed by atoms with van der Waals surface area (Å²) in [6, 6.07) is 14.9. The zero-order valence-corrected chi connectivity index (χ0v) is 14.3. The quantitative estimate of drug-likeness (QED) is 0.732. The number of nitrogens with zero attached hydrogens (tertiary/aromatic N) is 1. The first-order valence-corrected chi connectivity index (χ1v) is 8.48. The Hall–Kier alpha value is -2.60. The van der Waals surface area contributed by atoms with E-state index in [0.717, 1.165) is 16.0 Å². The minimum Gasteiger partial charge on any atom is -0.497 e. The molecule has 1 amide bonds. The van der Waals surface area contributed by atoms with E-state index in [2.05, 4.69) is 10.3 Å². The van der Waals surface area contributed by atoms with E-state index < -0.39 is 6.10 Å². The highest BCUT2D eigenvalue weighted by Crippen LogP contribution is 2.29. The van der Waals surface area contributed by atoms with Gasteiger partial charge >= 0.3 is 0 Å². The van der Waals surface area contributed by atoms with Gasteiger partial charge in [0.05, 0.1) is 17.3 Å². The number of methoxy groups -OCH3 is 1. The van der Waals surface area contributed by atoms with Crippen LogP contribution in [-0.4, -0.2) is 24.1 Å². The maximum Gasteiger partial charge on any atom is 0.267 e. The summed E-state index contributed by atoms with van der Waals surface area (Å²) >= 11 is 1.41. The molecule has 0 aliphatic heterocycles. The van der Waals surface area contributed by atoms with Gasteiger partial charge in [0, 0.05) is 0 Å². The lowest BCUT2D eigenvalue weighted by atomic mass is 10.2. The van der Waals surface area contributed by atoms with Crippen molar-refractivity contribution in [2.24, 2.45) is 0 Å². The standard InChI is InChI=1S/C18H18N2O3S/c1-3-15(23-12-7-5-4-6-8-12)17(21)20-18-19-14-10-9-13(22-2)11-16(14)24-18/h4-11,15H,3H2,1-2H3,(H,19,20,21)/t15-/m1/s1. The number of anilines is 1. The zero-order valence-electron chi connectivity index (χ0n) is 13.5. The van der Waals surface area contributed by atoms with Crippen molar-refractivity contribution < 1.29 is 14.3 Å². The van der Waals surface area contributed by atoms with Gasteiger partial charge < -0.3 is 9.47 Å². The van der Waals surface area contributed by atoms with E-state index in [0.29, 0.717) is 17.3 Å². The Morgan fingerprint density at radius 1 is 1.21 bits per heavy atom. The summed E-state index contributed by atoms with van der Waals surface area (Å²) in [6.45, 7) is 1.91. The topological polar surface area (TPSA) is 60.5 Å². The number of thiazole rings is 1. The molecule has 2 aromatic carbocycles. The fraction of sp³-hybridized carbons (Fsp3) is 0.222. The van der Waals surface area contributed by atoms with Gasteiger partial charge in [0.15, 0.2) is 11.2 Å². The third-order valence-electron chi connectivity index (χ3n) is 3.51. The number of amides is 1. The number of hydrogen-bond acceptors (Lipinski definition) is 5. The lowest BCUT2D eigenvalue weighted by Crippen LogP contribution is -2.32. The minimum atomic E-state index is -0.561. The van der Waals surface area contributed by atoms with E-state index in [4.69, 9.17) is 9.47 Å². The zero-order chi connectivity index (χ0) is 16.9. The summed E-state index contributed by atoms with van der Waals surface area (Å²) in [6.07, 6.45) is 0.00774. The average Bonchev–Trinajstić information content (AvgIpc) is 3.01. The number of para-hydroxylation sites is 1. The highest BCUT2D eigenvalue weighted by molar-refractivity contribution is 7.22. The van der Waals surface area contributed by atoms with Crippen LogP contribution >= 0.6 is 11.3 Å². The van der Waals surface area contributed by atoms with Crippen LogP contribution < -0.4 is 14.8 Å². The summed E-state index contributed by atoms with van der Waals surface area (Å²) in [5.74, 6) is 1.24. The number of carbonyl (C=O) groups excluding carboxylic acids is 1. The molecule has 0 bridgehead atoms. The van der Waals surface area contributed by atoms with Crippen molar-refractivity contribution in [3.8, 4) is 11.5 Å². The summed E-state index contributed by atoms with van der Waals surface area (Å²) in [4.78, 5) is 16.9. The van der Waals surface area contributed by atoms with Crippen molar-refractivity contribution in [3.05, 3.63) is 48.5 Å². The molecule has 3 aromatic rings. The van der Waals surface area contributed by atoms with E-state index in [1.807, 2.05) is 55.5 Å². The molecule has 1 heterocycles. The molecule has 5 nitrogen and oxygen atoms in total. The van der Waals surface area contributed by atoms with Crippen molar-refractivity contribution >= 4 is 32.6 Å². The minimum absolute atomic E-state index is 0.202. The Kier molecular flexibility index (Phi) is 4.96. The molecule has 0 spiro atoms. The van der Waals surface area contributed by atoms with Crippen LogP contribution in [0.2, 0.25) is 0 Å². The van der Waals surface area contributed by atoms with E-state index in [1.165, 1.54) is 11.3 Å². The highest BCUT2D eigenvalue weighted by Gasteiger charge is 2.20. The van der Waals surface area contributed by atoms with Crippen LogP contribution in [0.1, 0.15) is 13.3 Å². The molecule has 0 aliphatic rings. The maximum absolute atomic E-state index is 12.5. The molecule has 0 fully saturated rings. The molecule has 6 heteroatoms. The Morgan fingerprint density at radius 2 is 2.00 bits per heavy atom. The lowest BCUT2D eigenvalue weighted by Gasteiger charge is -2.16. The smallest absolute Gasteiger partial charge is 0.267 e. The Morgan fingerprint density at radius 3 is 2.71 bits per heavy atom. The van der Waals surface area contributed by atoms with Crippen LogP contribution in [0, 0.1) is 0 Å². The maximum atomic E-state index is 12.5. The van der Waals surface area contributed by atoms with Crippen LogP contribution in [0.3, 0.4) is 0 Å². The lowest BCUT2D eigenvalue weighted by molar-refractivity contribution is -0.122. The van der Waals surface area contributed by atoms with E-state index in [1.54, 1.807) is 7.11 Å². The van der Waals surface area contributed by atoms with Crippen LogP contribution in [-0.2, 0) is 4.79 Å². The first-order chi connectivity index (χ1) is 11.7. The van der Waals surface area contributed by atoms with Gasteiger partial charge in [-0.15, -0.1) is 0 Å². The van der Waals surface area contributed by atoms with Gasteiger partial charge in [0.1, 0.15) is 11.5 Å². The Bertz CT molecular complexity index is 833. The molecule has 1 aromatic heterocycles. The SMILES string of the molecule is CC[C@@H](Oc1ccccc1)C(=O)Nc1nc2ccc(OC)cc2s1. The fourth-order valence-electron chi connectivity index (χ4n) is 2.26.